The van der Waals surface area contributed by atoms with Gasteiger partial charge in [0.1, 0.15) is 0 Å². The summed E-state index contributed by atoms with van der Waals surface area (Å²) in [6.45, 7) is 2.45. The Bertz CT molecular complexity index is 83.1. The minimum atomic E-state index is -0.0671. The Morgan fingerprint density at radius 3 is 2.33 bits per heavy atom. The van der Waals surface area contributed by atoms with E-state index in [0.717, 1.165) is 6.42 Å². The first-order valence-corrected chi connectivity index (χ1v) is 2.98. The van der Waals surface area contributed by atoms with Gasteiger partial charge in [0.05, 0.1) is 0 Å². The Morgan fingerprint density at radius 1 is 1.67 bits per heavy atom. The van der Waals surface area contributed by atoms with Crippen molar-refractivity contribution in [3.8, 4) is 0 Å². The minimum Gasteiger partial charge on any atom is -0.449 e. The third-order valence-electron chi connectivity index (χ3n) is 1.14. The summed E-state index contributed by atoms with van der Waals surface area (Å²) in [6, 6.07) is 0. The van der Waals surface area contributed by atoms with Crippen LogP contribution >= 0.6 is 0 Å². The number of hydrogen-bond donors (Lipinski definition) is 0. The van der Waals surface area contributed by atoms with E-state index in [-0.39, 0.29) is 6.23 Å². The predicted octanol–water partition coefficient (Wildman–Crippen LogP) is 0.457. The number of nitrogens with zero attached hydrogens (tertiary/aromatic N) is 1. The van der Waals surface area contributed by atoms with Crippen LogP contribution in [0.1, 0.15) is 13.3 Å². The molecule has 0 spiro atoms. The summed E-state index contributed by atoms with van der Waals surface area (Å²) >= 11 is 0. The second kappa shape index (κ2) is 4.32. The second-order valence-electron chi connectivity index (χ2n) is 2.06. The first-order chi connectivity index (χ1) is 4.22. The standard InChI is InChI=1S/C6H13NO2/c1-4-6(7(2)3)9-5-8/h5-6H,4H2,1-3H3. The van der Waals surface area contributed by atoms with Crippen molar-refractivity contribution in [1.82, 2.24) is 4.90 Å². The van der Waals surface area contributed by atoms with Crippen LogP contribution in [0.25, 0.3) is 0 Å². The molecule has 1 atom stereocenters. The van der Waals surface area contributed by atoms with E-state index in [1.54, 1.807) is 0 Å². The fourth-order valence-electron chi connectivity index (χ4n) is 0.647. The number of ether oxygens (including phenoxy) is 1. The van der Waals surface area contributed by atoms with Crippen LogP contribution in [0, 0.1) is 0 Å². The van der Waals surface area contributed by atoms with Gasteiger partial charge in [0.15, 0.2) is 6.23 Å². The Hall–Kier alpha value is -0.570. The van der Waals surface area contributed by atoms with Crippen LogP contribution in [0.5, 0.6) is 0 Å². The first-order valence-electron chi connectivity index (χ1n) is 2.98. The van der Waals surface area contributed by atoms with Crippen molar-refractivity contribution in [2.45, 2.75) is 19.6 Å². The first kappa shape index (κ1) is 8.43. The summed E-state index contributed by atoms with van der Waals surface area (Å²) in [5.41, 5.74) is 0. The number of hydrogen-bond acceptors (Lipinski definition) is 3. The van der Waals surface area contributed by atoms with E-state index in [0.29, 0.717) is 6.47 Å². The molecule has 0 bridgehead atoms. The smallest absolute Gasteiger partial charge is 0.294 e. The molecule has 0 amide bonds. The van der Waals surface area contributed by atoms with Gasteiger partial charge in [-0.2, -0.15) is 0 Å². The molecule has 0 rings (SSSR count). The highest BCUT2D eigenvalue weighted by molar-refractivity contribution is 5.37. The van der Waals surface area contributed by atoms with Crippen LogP contribution in [0.3, 0.4) is 0 Å². The zero-order valence-electron chi connectivity index (χ0n) is 6.13. The van der Waals surface area contributed by atoms with Crippen LogP contribution in [0.15, 0.2) is 0 Å². The third kappa shape index (κ3) is 3.08. The molecule has 3 heteroatoms. The second-order valence-corrected chi connectivity index (χ2v) is 2.06. The summed E-state index contributed by atoms with van der Waals surface area (Å²) < 4.78 is 4.70. The van der Waals surface area contributed by atoms with E-state index in [9.17, 15) is 4.79 Å². The molecular weight excluding hydrogens is 118 g/mol. The lowest BCUT2D eigenvalue weighted by atomic mass is 10.4. The molecule has 0 saturated heterocycles. The molecule has 0 N–H and O–H groups in total. The molecule has 0 aliphatic heterocycles. The summed E-state index contributed by atoms with van der Waals surface area (Å²) in [6.07, 6.45) is 0.758. The van der Waals surface area contributed by atoms with E-state index in [1.807, 2.05) is 25.9 Å². The highest BCUT2D eigenvalue weighted by atomic mass is 16.5. The van der Waals surface area contributed by atoms with E-state index >= 15 is 0 Å². The lowest BCUT2D eigenvalue weighted by Crippen LogP contribution is -2.29. The molecule has 1 unspecified atom stereocenters. The van der Waals surface area contributed by atoms with Gasteiger partial charge in [0.2, 0.25) is 0 Å². The Balaban J connectivity index is 3.53. The molecule has 3 nitrogen and oxygen atoms in total. The fourth-order valence-corrected chi connectivity index (χ4v) is 0.647. The molecule has 0 saturated carbocycles. The fraction of sp³-hybridized carbons (Fsp3) is 0.833. The maximum Gasteiger partial charge on any atom is 0.294 e. The lowest BCUT2D eigenvalue weighted by molar-refractivity contribution is -0.141. The highest BCUT2D eigenvalue weighted by Crippen LogP contribution is 1.97. The average molecular weight is 131 g/mol. The largest absolute Gasteiger partial charge is 0.449 e. The van der Waals surface area contributed by atoms with Gasteiger partial charge in [0.25, 0.3) is 6.47 Å². The van der Waals surface area contributed by atoms with Crippen molar-refractivity contribution in [2.24, 2.45) is 0 Å². The van der Waals surface area contributed by atoms with E-state index in [2.05, 4.69) is 0 Å². The summed E-state index contributed by atoms with van der Waals surface area (Å²) in [4.78, 5) is 11.7. The highest BCUT2D eigenvalue weighted by Gasteiger charge is 2.06. The van der Waals surface area contributed by atoms with Gasteiger partial charge >= 0.3 is 0 Å². The van der Waals surface area contributed by atoms with Gasteiger partial charge in [0, 0.05) is 0 Å². The van der Waals surface area contributed by atoms with Gasteiger partial charge in [-0.25, -0.2) is 0 Å². The third-order valence-corrected chi connectivity index (χ3v) is 1.14. The van der Waals surface area contributed by atoms with Crippen LogP contribution < -0.4 is 0 Å². The Labute approximate surface area is 55.6 Å². The number of carbonyl (C=O) groups is 1. The molecule has 0 aliphatic rings. The Morgan fingerprint density at radius 2 is 2.22 bits per heavy atom. The lowest BCUT2D eigenvalue weighted by Gasteiger charge is -2.19. The van der Waals surface area contributed by atoms with Crippen molar-refractivity contribution < 1.29 is 9.53 Å². The van der Waals surface area contributed by atoms with Crippen molar-refractivity contribution in [3.63, 3.8) is 0 Å². The molecule has 0 aromatic heterocycles. The molecule has 0 aromatic carbocycles. The van der Waals surface area contributed by atoms with Gasteiger partial charge in [-0.1, -0.05) is 6.92 Å². The topological polar surface area (TPSA) is 29.5 Å². The van der Waals surface area contributed by atoms with Crippen LogP contribution in [0.2, 0.25) is 0 Å². The predicted molar refractivity (Wildman–Crippen MR) is 34.9 cm³/mol. The van der Waals surface area contributed by atoms with Gasteiger partial charge in [-0.3, -0.25) is 9.69 Å². The van der Waals surface area contributed by atoms with Crippen LogP contribution in [-0.2, 0) is 9.53 Å². The van der Waals surface area contributed by atoms with Gasteiger partial charge in [-0.15, -0.1) is 0 Å². The molecule has 0 heterocycles. The summed E-state index contributed by atoms with van der Waals surface area (Å²) in [5.74, 6) is 0. The molecule has 9 heavy (non-hydrogen) atoms. The van der Waals surface area contributed by atoms with Crippen molar-refractivity contribution in [2.75, 3.05) is 14.1 Å². The zero-order valence-corrected chi connectivity index (χ0v) is 6.13. The molecule has 0 aliphatic carbocycles. The van der Waals surface area contributed by atoms with Gasteiger partial charge in [-0.05, 0) is 20.5 Å². The van der Waals surface area contributed by atoms with Crippen molar-refractivity contribution >= 4 is 6.47 Å². The number of rotatable bonds is 4. The zero-order chi connectivity index (χ0) is 7.28. The normalized spacial score (nSPS) is 13.3. The van der Waals surface area contributed by atoms with Crippen molar-refractivity contribution in [3.05, 3.63) is 0 Å². The quantitative estimate of drug-likeness (QED) is 0.410. The monoisotopic (exact) mass is 131 g/mol. The van der Waals surface area contributed by atoms with E-state index < -0.39 is 0 Å². The van der Waals surface area contributed by atoms with Crippen LogP contribution in [0.4, 0.5) is 0 Å². The Kier molecular flexibility index (Phi) is 4.05. The summed E-state index contributed by atoms with van der Waals surface area (Å²) in [7, 11) is 3.75. The molecule has 54 valence electrons. The molecular formula is C6H13NO2. The molecule has 0 radical (unpaired) electrons. The molecule has 0 fully saturated rings. The minimum absolute atomic E-state index is 0.0671. The maximum absolute atomic E-state index is 9.83. The summed E-state index contributed by atoms with van der Waals surface area (Å²) in [5, 5.41) is 0. The SMILES string of the molecule is CCC(OC=O)N(C)C. The van der Waals surface area contributed by atoms with Crippen LogP contribution in [-0.4, -0.2) is 31.7 Å². The maximum atomic E-state index is 9.83. The van der Waals surface area contributed by atoms with Crippen molar-refractivity contribution in [1.29, 1.82) is 0 Å². The number of carbonyl (C=O) groups excluding carboxylic acids is 1. The van der Waals surface area contributed by atoms with Gasteiger partial charge < -0.3 is 4.74 Å². The average Bonchev–Trinajstić information content (AvgIpc) is 1.82. The molecule has 0 aromatic rings. The van der Waals surface area contributed by atoms with E-state index in [4.69, 9.17) is 4.74 Å². The van der Waals surface area contributed by atoms with E-state index in [1.165, 1.54) is 0 Å².